The topological polar surface area (TPSA) is 36.4 Å². The van der Waals surface area contributed by atoms with Gasteiger partial charge in [0.1, 0.15) is 0 Å². The largest absolute Gasteiger partial charge is 0.340 e. The maximum Gasteiger partial charge on any atom is 0.223 e. The normalized spacial score (nSPS) is 17.0. The first kappa shape index (κ1) is 17.1. The number of hydrogen-bond donors (Lipinski definition) is 0. The van der Waals surface area contributed by atoms with Crippen molar-refractivity contribution in [3.8, 4) is 0 Å². The van der Waals surface area contributed by atoms with Crippen molar-refractivity contribution in [1.29, 1.82) is 0 Å². The van der Waals surface area contributed by atoms with Crippen LogP contribution in [0.5, 0.6) is 0 Å². The average molecular weight is 343 g/mol. The van der Waals surface area contributed by atoms with E-state index in [1.165, 1.54) is 10.4 Å². The Bertz CT molecular complexity index is 662. The molecule has 1 atom stereocenters. The molecule has 4 nitrogen and oxygen atoms in total. The Kier molecular flexibility index (Phi) is 5.63. The van der Waals surface area contributed by atoms with Crippen molar-refractivity contribution in [3.05, 3.63) is 52.0 Å². The molecule has 1 aromatic heterocycles. The Labute approximate surface area is 148 Å². The minimum Gasteiger partial charge on any atom is -0.340 e. The highest BCUT2D eigenvalue weighted by atomic mass is 32.1. The number of aromatic nitrogens is 1. The minimum atomic E-state index is 0.275. The summed E-state index contributed by atoms with van der Waals surface area (Å²) in [6.07, 6.45) is 0.595. The summed E-state index contributed by atoms with van der Waals surface area (Å²) in [4.78, 5) is 22.7. The smallest absolute Gasteiger partial charge is 0.223 e. The molecule has 1 saturated heterocycles. The standard InChI is InChI=1S/C19H25N3OS/c1-15(17-6-4-3-5-7-17)12-19(23)22-10-8-21(9-11-22)13-18-16(2)20-14-24-18/h3-7,14-15H,8-13H2,1-2H3. The van der Waals surface area contributed by atoms with Gasteiger partial charge in [-0.05, 0) is 18.4 Å². The lowest BCUT2D eigenvalue weighted by molar-refractivity contribution is -0.133. The molecule has 0 saturated carbocycles. The van der Waals surface area contributed by atoms with E-state index in [1.807, 2.05) is 28.6 Å². The van der Waals surface area contributed by atoms with E-state index in [0.29, 0.717) is 6.42 Å². The molecule has 5 heteroatoms. The Balaban J connectivity index is 1.47. The van der Waals surface area contributed by atoms with Crippen molar-refractivity contribution in [2.24, 2.45) is 0 Å². The molecule has 0 spiro atoms. The van der Waals surface area contributed by atoms with Gasteiger partial charge >= 0.3 is 0 Å². The molecule has 0 aliphatic carbocycles. The van der Waals surface area contributed by atoms with Crippen LogP contribution in [0.2, 0.25) is 0 Å². The van der Waals surface area contributed by atoms with Crippen LogP contribution in [0.25, 0.3) is 0 Å². The third kappa shape index (κ3) is 4.22. The second kappa shape index (κ2) is 7.90. The number of hydrogen-bond acceptors (Lipinski definition) is 4. The van der Waals surface area contributed by atoms with Crippen molar-refractivity contribution < 1.29 is 4.79 Å². The molecule has 1 aromatic carbocycles. The maximum absolute atomic E-state index is 12.6. The van der Waals surface area contributed by atoms with E-state index in [-0.39, 0.29) is 11.8 Å². The predicted molar refractivity (Wildman–Crippen MR) is 98.2 cm³/mol. The highest BCUT2D eigenvalue weighted by Gasteiger charge is 2.23. The van der Waals surface area contributed by atoms with Crippen molar-refractivity contribution in [3.63, 3.8) is 0 Å². The number of aryl methyl sites for hydroxylation is 1. The Morgan fingerprint density at radius 1 is 1.21 bits per heavy atom. The van der Waals surface area contributed by atoms with Gasteiger partial charge in [-0.1, -0.05) is 37.3 Å². The molecular weight excluding hydrogens is 318 g/mol. The van der Waals surface area contributed by atoms with Gasteiger partial charge in [-0.25, -0.2) is 4.98 Å². The van der Waals surface area contributed by atoms with Crippen LogP contribution >= 0.6 is 11.3 Å². The van der Waals surface area contributed by atoms with E-state index >= 15 is 0 Å². The lowest BCUT2D eigenvalue weighted by Gasteiger charge is -2.35. The highest BCUT2D eigenvalue weighted by Crippen LogP contribution is 2.21. The van der Waals surface area contributed by atoms with Crippen LogP contribution in [0.1, 0.15) is 35.4 Å². The predicted octanol–water partition coefficient (Wildman–Crippen LogP) is 3.29. The Morgan fingerprint density at radius 2 is 1.92 bits per heavy atom. The van der Waals surface area contributed by atoms with E-state index in [1.54, 1.807) is 11.3 Å². The van der Waals surface area contributed by atoms with Crippen LogP contribution < -0.4 is 0 Å². The molecule has 0 radical (unpaired) electrons. The monoisotopic (exact) mass is 343 g/mol. The molecule has 3 rings (SSSR count). The molecule has 1 unspecified atom stereocenters. The summed E-state index contributed by atoms with van der Waals surface area (Å²) in [7, 11) is 0. The van der Waals surface area contributed by atoms with Gasteiger partial charge in [0, 0.05) is 44.0 Å². The highest BCUT2D eigenvalue weighted by molar-refractivity contribution is 7.09. The van der Waals surface area contributed by atoms with Crippen molar-refractivity contribution in [1.82, 2.24) is 14.8 Å². The summed E-state index contributed by atoms with van der Waals surface area (Å²) < 4.78 is 0. The SMILES string of the molecule is Cc1ncsc1CN1CCN(C(=O)CC(C)c2ccccc2)CC1. The number of benzene rings is 1. The minimum absolute atomic E-state index is 0.275. The van der Waals surface area contributed by atoms with Gasteiger partial charge in [-0.3, -0.25) is 9.69 Å². The van der Waals surface area contributed by atoms with E-state index in [4.69, 9.17) is 0 Å². The lowest BCUT2D eigenvalue weighted by Crippen LogP contribution is -2.48. The zero-order valence-corrected chi connectivity index (χ0v) is 15.3. The van der Waals surface area contributed by atoms with E-state index in [0.717, 1.165) is 38.4 Å². The fourth-order valence-corrected chi connectivity index (χ4v) is 3.95. The first-order valence-corrected chi connectivity index (χ1v) is 9.45. The van der Waals surface area contributed by atoms with Crippen molar-refractivity contribution in [2.45, 2.75) is 32.7 Å². The second-order valence-corrected chi connectivity index (χ2v) is 7.47. The average Bonchev–Trinajstić information content (AvgIpc) is 3.01. The van der Waals surface area contributed by atoms with Gasteiger partial charge in [-0.15, -0.1) is 11.3 Å². The molecule has 0 N–H and O–H groups in total. The second-order valence-electron chi connectivity index (χ2n) is 6.53. The number of rotatable bonds is 5. The quantitative estimate of drug-likeness (QED) is 0.836. The number of amides is 1. The molecule has 2 aromatic rings. The molecule has 1 fully saturated rings. The summed E-state index contributed by atoms with van der Waals surface area (Å²) in [5.41, 5.74) is 4.29. The molecule has 2 heterocycles. The van der Waals surface area contributed by atoms with Gasteiger partial charge in [0.25, 0.3) is 0 Å². The zero-order chi connectivity index (χ0) is 16.9. The van der Waals surface area contributed by atoms with Gasteiger partial charge in [0.15, 0.2) is 0 Å². The number of thiazole rings is 1. The van der Waals surface area contributed by atoms with Crippen LogP contribution in [-0.4, -0.2) is 46.9 Å². The number of nitrogens with zero attached hydrogens (tertiary/aromatic N) is 3. The summed E-state index contributed by atoms with van der Waals surface area (Å²) in [6, 6.07) is 10.3. The number of carbonyl (C=O) groups is 1. The van der Waals surface area contributed by atoms with Crippen LogP contribution in [0, 0.1) is 6.92 Å². The van der Waals surface area contributed by atoms with Crippen molar-refractivity contribution in [2.75, 3.05) is 26.2 Å². The zero-order valence-electron chi connectivity index (χ0n) is 14.4. The van der Waals surface area contributed by atoms with Crippen LogP contribution in [-0.2, 0) is 11.3 Å². The van der Waals surface area contributed by atoms with Crippen LogP contribution in [0.15, 0.2) is 35.8 Å². The Hall–Kier alpha value is -1.72. The fraction of sp³-hybridized carbons (Fsp3) is 0.474. The third-order valence-corrected chi connectivity index (χ3v) is 5.71. The fourth-order valence-electron chi connectivity index (χ4n) is 3.13. The summed E-state index contributed by atoms with van der Waals surface area (Å²) in [6.45, 7) is 8.72. The number of carbonyl (C=O) groups excluding carboxylic acids is 1. The van der Waals surface area contributed by atoms with Crippen LogP contribution in [0.3, 0.4) is 0 Å². The summed E-state index contributed by atoms with van der Waals surface area (Å²) >= 11 is 1.72. The van der Waals surface area contributed by atoms with Gasteiger partial charge in [0.05, 0.1) is 11.2 Å². The first-order chi connectivity index (χ1) is 11.6. The molecule has 0 bridgehead atoms. The van der Waals surface area contributed by atoms with E-state index in [9.17, 15) is 4.79 Å². The molecule has 1 aliphatic heterocycles. The molecule has 24 heavy (non-hydrogen) atoms. The van der Waals surface area contributed by atoms with Gasteiger partial charge in [-0.2, -0.15) is 0 Å². The summed E-state index contributed by atoms with van der Waals surface area (Å²) in [5, 5.41) is 0. The molecule has 128 valence electrons. The maximum atomic E-state index is 12.6. The lowest BCUT2D eigenvalue weighted by atomic mass is 9.97. The number of piperazine rings is 1. The molecule has 1 amide bonds. The molecular formula is C19H25N3OS. The Morgan fingerprint density at radius 3 is 2.54 bits per heavy atom. The van der Waals surface area contributed by atoms with Gasteiger partial charge in [0.2, 0.25) is 5.91 Å². The van der Waals surface area contributed by atoms with Crippen molar-refractivity contribution >= 4 is 17.2 Å². The molecule has 1 aliphatic rings. The first-order valence-electron chi connectivity index (χ1n) is 8.57. The third-order valence-electron chi connectivity index (χ3n) is 4.79. The summed E-state index contributed by atoms with van der Waals surface area (Å²) in [5.74, 6) is 0.552. The van der Waals surface area contributed by atoms with Gasteiger partial charge < -0.3 is 4.90 Å². The van der Waals surface area contributed by atoms with E-state index in [2.05, 4.69) is 35.9 Å². The van der Waals surface area contributed by atoms with Crippen LogP contribution in [0.4, 0.5) is 0 Å². The van der Waals surface area contributed by atoms with E-state index < -0.39 is 0 Å².